The van der Waals surface area contributed by atoms with Gasteiger partial charge in [0, 0.05) is 39.1 Å². The Labute approximate surface area is 187 Å². The van der Waals surface area contributed by atoms with E-state index in [0.717, 1.165) is 23.5 Å². The largest absolute Gasteiger partial charge is 0.454 e. The fourth-order valence-corrected chi connectivity index (χ4v) is 3.59. The summed E-state index contributed by atoms with van der Waals surface area (Å²) < 4.78 is 37.4. The molecule has 0 saturated heterocycles. The van der Waals surface area contributed by atoms with Gasteiger partial charge in [-0.25, -0.2) is 13.1 Å². The van der Waals surface area contributed by atoms with Crippen molar-refractivity contribution in [1.29, 1.82) is 0 Å². The van der Waals surface area contributed by atoms with Gasteiger partial charge in [0.15, 0.2) is 17.5 Å². The number of aliphatic imine (C=N–C) groups is 1. The summed E-state index contributed by atoms with van der Waals surface area (Å²) in [4.78, 5) is 8.09. The predicted octanol–water partition coefficient (Wildman–Crippen LogP) is 1.11. The highest BCUT2D eigenvalue weighted by Gasteiger charge is 2.14. The van der Waals surface area contributed by atoms with Gasteiger partial charge in [0.1, 0.15) is 4.90 Å². The molecule has 0 aliphatic carbocycles. The van der Waals surface area contributed by atoms with Crippen molar-refractivity contribution >= 4 is 40.0 Å². The summed E-state index contributed by atoms with van der Waals surface area (Å²) in [5.41, 5.74) is 1.12. The van der Waals surface area contributed by atoms with Crippen LogP contribution in [0.1, 0.15) is 5.56 Å². The van der Waals surface area contributed by atoms with Gasteiger partial charge >= 0.3 is 0 Å². The average molecular weight is 533 g/mol. The first-order valence-electron chi connectivity index (χ1n) is 8.81. The minimum absolute atomic E-state index is 0. The predicted molar refractivity (Wildman–Crippen MR) is 120 cm³/mol. The normalized spacial score (nSPS) is 12.9. The lowest BCUT2D eigenvalue weighted by Gasteiger charge is -2.12. The molecule has 0 spiro atoms. The number of aromatic nitrogens is 1. The van der Waals surface area contributed by atoms with Crippen molar-refractivity contribution < 1.29 is 17.9 Å². The average Bonchev–Trinajstić information content (AvgIpc) is 3.18. The van der Waals surface area contributed by atoms with Crippen LogP contribution >= 0.6 is 24.0 Å². The second kappa shape index (κ2) is 11.2. The van der Waals surface area contributed by atoms with Gasteiger partial charge in [-0.05, 0) is 36.2 Å². The molecule has 0 fully saturated rings. The van der Waals surface area contributed by atoms with Crippen molar-refractivity contribution in [3.8, 4) is 11.5 Å². The number of nitrogens with zero attached hydrogens (tertiary/aromatic N) is 2. The van der Waals surface area contributed by atoms with Gasteiger partial charge in [0.2, 0.25) is 16.8 Å². The highest BCUT2D eigenvalue weighted by atomic mass is 127. The topological polar surface area (TPSA) is 114 Å². The third-order valence-corrected chi connectivity index (χ3v) is 5.47. The number of hydrogen-bond donors (Lipinski definition) is 3. The number of nitrogens with one attached hydrogen (secondary N) is 3. The first-order chi connectivity index (χ1) is 13.6. The van der Waals surface area contributed by atoms with Gasteiger partial charge in [-0.15, -0.1) is 24.0 Å². The van der Waals surface area contributed by atoms with Crippen LogP contribution in [0.5, 0.6) is 11.5 Å². The minimum Gasteiger partial charge on any atom is -0.454 e. The summed E-state index contributed by atoms with van der Waals surface area (Å²) in [6.45, 7) is 1.54. The Morgan fingerprint density at radius 1 is 1.14 bits per heavy atom. The maximum Gasteiger partial charge on any atom is 0.242 e. The van der Waals surface area contributed by atoms with Crippen LogP contribution in [0.2, 0.25) is 0 Å². The van der Waals surface area contributed by atoms with Crippen molar-refractivity contribution in [3.05, 3.63) is 48.3 Å². The zero-order chi connectivity index (χ0) is 19.8. The smallest absolute Gasteiger partial charge is 0.242 e. The van der Waals surface area contributed by atoms with E-state index in [9.17, 15) is 8.42 Å². The lowest BCUT2D eigenvalue weighted by atomic mass is 10.1. The summed E-state index contributed by atoms with van der Waals surface area (Å²) >= 11 is 0. The van der Waals surface area contributed by atoms with Crippen LogP contribution in [0, 0.1) is 0 Å². The molecule has 0 amide bonds. The first-order valence-corrected chi connectivity index (χ1v) is 10.3. The van der Waals surface area contributed by atoms with Crippen molar-refractivity contribution in [3.63, 3.8) is 0 Å². The Balaban J connectivity index is 0.00000300. The summed E-state index contributed by atoms with van der Waals surface area (Å²) in [5.74, 6) is 2.13. The number of halogens is 1. The van der Waals surface area contributed by atoms with Crippen LogP contribution in [0.3, 0.4) is 0 Å². The molecular weight excluding hydrogens is 509 g/mol. The van der Waals surface area contributed by atoms with Gasteiger partial charge in [0.25, 0.3) is 0 Å². The molecule has 3 rings (SSSR count). The lowest BCUT2D eigenvalue weighted by Crippen LogP contribution is -2.42. The van der Waals surface area contributed by atoms with E-state index in [0.29, 0.717) is 19.0 Å². The van der Waals surface area contributed by atoms with Crippen molar-refractivity contribution in [2.24, 2.45) is 4.99 Å². The number of ether oxygens (including phenoxy) is 2. The summed E-state index contributed by atoms with van der Waals surface area (Å²) in [6, 6.07) is 8.95. The second-order valence-electron chi connectivity index (χ2n) is 5.95. The molecule has 1 aliphatic rings. The molecule has 0 unspecified atom stereocenters. The van der Waals surface area contributed by atoms with Crippen LogP contribution in [0.15, 0.2) is 52.6 Å². The van der Waals surface area contributed by atoms with Crippen molar-refractivity contribution in [2.45, 2.75) is 11.3 Å². The van der Waals surface area contributed by atoms with E-state index in [1.165, 1.54) is 18.5 Å². The van der Waals surface area contributed by atoms with E-state index in [4.69, 9.17) is 9.47 Å². The Kier molecular flexibility index (Phi) is 8.92. The summed E-state index contributed by atoms with van der Waals surface area (Å²) in [6.07, 6.45) is 3.62. The highest BCUT2D eigenvalue weighted by Crippen LogP contribution is 2.32. The Bertz CT molecular complexity index is 925. The molecule has 0 radical (unpaired) electrons. The number of guanidine groups is 1. The van der Waals surface area contributed by atoms with Gasteiger partial charge < -0.3 is 20.1 Å². The molecule has 3 N–H and O–H groups in total. The third kappa shape index (κ3) is 6.72. The molecule has 1 aromatic carbocycles. The van der Waals surface area contributed by atoms with Crippen LogP contribution in [-0.2, 0) is 16.4 Å². The Hall–Kier alpha value is -2.12. The number of sulfonamides is 1. The molecule has 9 nitrogen and oxygen atoms in total. The van der Waals surface area contributed by atoms with E-state index in [1.54, 1.807) is 13.1 Å². The van der Waals surface area contributed by atoms with Crippen LogP contribution in [0.4, 0.5) is 0 Å². The quantitative estimate of drug-likeness (QED) is 0.202. The molecule has 1 aliphatic heterocycles. The molecular formula is C18H24IN5O4S. The lowest BCUT2D eigenvalue weighted by molar-refractivity contribution is 0.174. The number of benzene rings is 1. The maximum atomic E-state index is 12.1. The number of hydrogen-bond acceptors (Lipinski definition) is 6. The van der Waals surface area contributed by atoms with E-state index in [2.05, 4.69) is 25.3 Å². The second-order valence-corrected chi connectivity index (χ2v) is 7.72. The van der Waals surface area contributed by atoms with Gasteiger partial charge in [-0.1, -0.05) is 6.07 Å². The molecule has 158 valence electrons. The molecule has 29 heavy (non-hydrogen) atoms. The molecule has 2 aromatic rings. The van der Waals surface area contributed by atoms with E-state index in [1.807, 2.05) is 18.2 Å². The van der Waals surface area contributed by atoms with E-state index >= 15 is 0 Å². The summed E-state index contributed by atoms with van der Waals surface area (Å²) in [7, 11) is -1.90. The molecule has 0 atom stereocenters. The van der Waals surface area contributed by atoms with Gasteiger partial charge in [0.05, 0.1) is 0 Å². The standard InChI is InChI=1S/C18H23N5O4S.HI/c1-19-18(21-8-6-14-4-5-16-17(11-14)27-13-26-16)22-9-10-23-28(24,25)15-3-2-7-20-12-15;/h2-5,7,11-12,23H,6,8-10,13H2,1H3,(H2,19,21,22);1H. The molecule has 1 aromatic heterocycles. The number of rotatable bonds is 8. The zero-order valence-corrected chi connectivity index (χ0v) is 19.1. The Morgan fingerprint density at radius 2 is 1.93 bits per heavy atom. The van der Waals surface area contributed by atoms with E-state index < -0.39 is 10.0 Å². The monoisotopic (exact) mass is 533 g/mol. The zero-order valence-electron chi connectivity index (χ0n) is 15.9. The number of fused-ring (bicyclic) bond motifs is 1. The highest BCUT2D eigenvalue weighted by molar-refractivity contribution is 14.0. The van der Waals surface area contributed by atoms with Crippen LogP contribution in [0.25, 0.3) is 0 Å². The molecule has 0 bridgehead atoms. The van der Waals surface area contributed by atoms with E-state index in [-0.39, 0.29) is 42.2 Å². The van der Waals surface area contributed by atoms with Gasteiger partial charge in [-0.2, -0.15) is 0 Å². The summed E-state index contributed by atoms with van der Waals surface area (Å²) in [5, 5.41) is 6.27. The molecule has 2 heterocycles. The molecule has 0 saturated carbocycles. The minimum atomic E-state index is -3.56. The number of pyridine rings is 1. The fourth-order valence-electron chi connectivity index (χ4n) is 2.60. The Morgan fingerprint density at radius 3 is 2.69 bits per heavy atom. The van der Waals surface area contributed by atoms with Crippen molar-refractivity contribution in [1.82, 2.24) is 20.3 Å². The van der Waals surface area contributed by atoms with Crippen LogP contribution in [-0.4, -0.2) is 52.8 Å². The SMILES string of the molecule is CN=C(NCCNS(=O)(=O)c1cccnc1)NCCc1ccc2c(c1)OCO2.I. The fraction of sp³-hybridized carbons (Fsp3) is 0.333. The third-order valence-electron chi connectivity index (χ3n) is 4.02. The molecule has 11 heteroatoms. The maximum absolute atomic E-state index is 12.1. The van der Waals surface area contributed by atoms with Gasteiger partial charge in [-0.3, -0.25) is 9.98 Å². The van der Waals surface area contributed by atoms with Crippen LogP contribution < -0.4 is 24.8 Å². The van der Waals surface area contributed by atoms with Crippen molar-refractivity contribution in [2.75, 3.05) is 33.5 Å². The first kappa shape index (κ1) is 23.2.